The molecule has 0 aromatic heterocycles. The Morgan fingerprint density at radius 2 is 2.19 bits per heavy atom. The fraction of sp³-hybridized carbons (Fsp3) is 0.444. The summed E-state index contributed by atoms with van der Waals surface area (Å²) in [4.78, 5) is 4.36. The molecule has 0 amide bonds. The summed E-state index contributed by atoms with van der Waals surface area (Å²) in [5.74, 6) is 0. The second-order valence-corrected chi connectivity index (χ2v) is 5.05. The molecule has 0 bridgehead atoms. The van der Waals surface area contributed by atoms with Crippen molar-refractivity contribution in [2.75, 3.05) is 6.54 Å². The molecule has 1 rings (SSSR count). The number of benzene rings is 1. The molecule has 1 aromatic rings. The Balaban J connectivity index is 2.54. The van der Waals surface area contributed by atoms with E-state index in [9.17, 15) is 5.11 Å². The molecule has 112 valence electrons. The topological polar surface area (TPSA) is 56.4 Å². The predicted octanol–water partition coefficient (Wildman–Crippen LogP) is 3.45. The van der Waals surface area contributed by atoms with Crippen molar-refractivity contribution in [3.63, 3.8) is 0 Å². The zero-order chi connectivity index (χ0) is 15.7. The highest BCUT2D eigenvalue weighted by Crippen LogP contribution is 2.14. The first kappa shape index (κ1) is 17.1. The van der Waals surface area contributed by atoms with Gasteiger partial charge in [0.05, 0.1) is 17.7 Å². The first-order valence-corrected chi connectivity index (χ1v) is 7.48. The number of rotatable bonds is 7. The van der Waals surface area contributed by atoms with Gasteiger partial charge < -0.3 is 5.11 Å². The van der Waals surface area contributed by atoms with Crippen LogP contribution in [0.15, 0.2) is 34.8 Å². The second-order valence-electron chi connectivity index (χ2n) is 5.05. The molecular weight excluding hydrogens is 260 g/mol. The van der Waals surface area contributed by atoms with E-state index in [1.165, 1.54) is 11.1 Å². The molecule has 3 nitrogen and oxygen atoms in total. The maximum absolute atomic E-state index is 9.48. The Kier molecular flexibility index (Phi) is 7.42. The van der Waals surface area contributed by atoms with Crippen molar-refractivity contribution in [3.05, 3.63) is 46.5 Å². The minimum absolute atomic E-state index is 0.469. The van der Waals surface area contributed by atoms with Crippen LogP contribution in [0.4, 0.5) is 0 Å². The van der Waals surface area contributed by atoms with Gasteiger partial charge in [0.15, 0.2) is 0 Å². The zero-order valence-electron chi connectivity index (χ0n) is 13.1. The second kappa shape index (κ2) is 9.10. The number of aliphatic imine (C=N–C) groups is 1. The third kappa shape index (κ3) is 5.53. The largest absolute Gasteiger partial charge is 0.389 e. The van der Waals surface area contributed by atoms with Crippen molar-refractivity contribution in [2.24, 2.45) is 4.99 Å². The van der Waals surface area contributed by atoms with Gasteiger partial charge in [0.2, 0.25) is 0 Å². The molecule has 0 fully saturated rings. The summed E-state index contributed by atoms with van der Waals surface area (Å²) in [6, 6.07) is 8.09. The van der Waals surface area contributed by atoms with Crippen molar-refractivity contribution in [1.29, 1.82) is 5.26 Å². The van der Waals surface area contributed by atoms with Crippen molar-refractivity contribution in [3.8, 4) is 6.07 Å². The van der Waals surface area contributed by atoms with Crippen LogP contribution in [0.25, 0.3) is 0 Å². The van der Waals surface area contributed by atoms with Crippen LogP contribution < -0.4 is 0 Å². The molecular formula is C18H24N2O. The minimum Gasteiger partial charge on any atom is -0.389 e. The highest BCUT2D eigenvalue weighted by atomic mass is 16.3. The number of hydrogen-bond acceptors (Lipinski definition) is 3. The number of nitriles is 1. The van der Waals surface area contributed by atoms with E-state index in [-0.39, 0.29) is 0 Å². The average molecular weight is 284 g/mol. The van der Waals surface area contributed by atoms with Gasteiger partial charge in [-0.1, -0.05) is 19.1 Å². The molecule has 1 aromatic carbocycles. The van der Waals surface area contributed by atoms with Crippen LogP contribution in [-0.4, -0.2) is 24.0 Å². The lowest BCUT2D eigenvalue weighted by Crippen LogP contribution is -2.05. The van der Waals surface area contributed by atoms with E-state index in [2.05, 4.69) is 18.0 Å². The Labute approximate surface area is 127 Å². The van der Waals surface area contributed by atoms with Crippen LogP contribution >= 0.6 is 0 Å². The lowest BCUT2D eigenvalue weighted by molar-refractivity contribution is 0.238. The maximum atomic E-state index is 9.48. The molecule has 0 aliphatic heterocycles. The number of aliphatic hydroxyl groups excluding tert-OH is 1. The zero-order valence-corrected chi connectivity index (χ0v) is 13.1. The van der Waals surface area contributed by atoms with Gasteiger partial charge in [0.1, 0.15) is 0 Å². The van der Waals surface area contributed by atoms with Gasteiger partial charge in [-0.05, 0) is 61.9 Å². The van der Waals surface area contributed by atoms with E-state index >= 15 is 0 Å². The summed E-state index contributed by atoms with van der Waals surface area (Å²) in [6.07, 6.45) is 6.04. The van der Waals surface area contributed by atoms with Crippen LogP contribution in [0.3, 0.4) is 0 Å². The monoisotopic (exact) mass is 284 g/mol. The SMILES string of the molecule is C/C=C(\C=N/CCCc1ccc(C#N)cc1CC)C(C)O. The lowest BCUT2D eigenvalue weighted by atomic mass is 9.99. The van der Waals surface area contributed by atoms with Gasteiger partial charge in [0, 0.05) is 12.8 Å². The van der Waals surface area contributed by atoms with Crippen molar-refractivity contribution >= 4 is 6.21 Å². The first-order valence-electron chi connectivity index (χ1n) is 7.48. The standard InChI is InChI=1S/C18H24N2O/c1-4-16-11-15(12-19)8-9-18(16)7-6-10-20-13-17(5-2)14(3)21/h5,8-9,11,13-14,21H,4,6-7,10H2,1-3H3/b17-5+,20-13-. The molecule has 1 atom stereocenters. The molecule has 0 aliphatic carbocycles. The molecule has 21 heavy (non-hydrogen) atoms. The number of aliphatic hydroxyl groups is 1. The minimum atomic E-state index is -0.469. The van der Waals surface area contributed by atoms with Gasteiger partial charge in [-0.3, -0.25) is 4.99 Å². The molecule has 1 N–H and O–H groups in total. The number of hydrogen-bond donors (Lipinski definition) is 1. The Bertz CT molecular complexity index is 551. The fourth-order valence-electron chi connectivity index (χ4n) is 2.22. The van der Waals surface area contributed by atoms with E-state index in [1.54, 1.807) is 13.1 Å². The van der Waals surface area contributed by atoms with Gasteiger partial charge >= 0.3 is 0 Å². The summed E-state index contributed by atoms with van der Waals surface area (Å²) in [7, 11) is 0. The smallest absolute Gasteiger partial charge is 0.0991 e. The molecule has 0 saturated heterocycles. The lowest BCUT2D eigenvalue weighted by Gasteiger charge is -2.07. The van der Waals surface area contributed by atoms with Crippen molar-refractivity contribution in [2.45, 2.75) is 46.1 Å². The van der Waals surface area contributed by atoms with Gasteiger partial charge in [0.25, 0.3) is 0 Å². The first-order chi connectivity index (χ1) is 10.1. The van der Waals surface area contributed by atoms with Crippen LogP contribution in [0.2, 0.25) is 0 Å². The van der Waals surface area contributed by atoms with Crippen molar-refractivity contribution in [1.82, 2.24) is 0 Å². The highest BCUT2D eigenvalue weighted by Gasteiger charge is 2.03. The molecule has 0 saturated carbocycles. The van der Waals surface area contributed by atoms with E-state index in [0.29, 0.717) is 0 Å². The summed E-state index contributed by atoms with van der Waals surface area (Å²) >= 11 is 0. The van der Waals surface area contributed by atoms with Gasteiger partial charge in [-0.15, -0.1) is 0 Å². The third-order valence-corrected chi connectivity index (χ3v) is 3.51. The van der Waals surface area contributed by atoms with E-state index in [1.807, 2.05) is 31.2 Å². The number of nitrogens with zero attached hydrogens (tertiary/aromatic N) is 2. The van der Waals surface area contributed by atoms with Gasteiger partial charge in [-0.25, -0.2) is 0 Å². The van der Waals surface area contributed by atoms with Crippen LogP contribution in [0.5, 0.6) is 0 Å². The maximum Gasteiger partial charge on any atom is 0.0991 e. The van der Waals surface area contributed by atoms with Crippen LogP contribution in [0.1, 0.15) is 43.9 Å². The summed E-state index contributed by atoms with van der Waals surface area (Å²) in [5.41, 5.74) is 4.12. The summed E-state index contributed by atoms with van der Waals surface area (Å²) in [6.45, 7) is 6.50. The Hall–Kier alpha value is -1.92. The van der Waals surface area contributed by atoms with E-state index in [0.717, 1.165) is 36.9 Å². The van der Waals surface area contributed by atoms with Crippen molar-refractivity contribution < 1.29 is 5.11 Å². The highest BCUT2D eigenvalue weighted by molar-refractivity contribution is 5.79. The fourth-order valence-corrected chi connectivity index (χ4v) is 2.22. The van der Waals surface area contributed by atoms with Gasteiger partial charge in [-0.2, -0.15) is 5.26 Å². The average Bonchev–Trinajstić information content (AvgIpc) is 2.50. The molecule has 0 radical (unpaired) electrons. The Morgan fingerprint density at radius 1 is 1.43 bits per heavy atom. The number of allylic oxidation sites excluding steroid dienone is 1. The normalized spacial score (nSPS) is 13.4. The molecule has 0 heterocycles. The molecule has 1 unspecified atom stereocenters. The molecule has 0 spiro atoms. The predicted molar refractivity (Wildman–Crippen MR) is 87.7 cm³/mol. The molecule has 0 aliphatic rings. The van der Waals surface area contributed by atoms with Crippen LogP contribution in [0, 0.1) is 11.3 Å². The summed E-state index contributed by atoms with van der Waals surface area (Å²) in [5, 5.41) is 18.4. The molecule has 3 heteroatoms. The van der Waals surface area contributed by atoms with E-state index < -0.39 is 6.10 Å². The van der Waals surface area contributed by atoms with E-state index in [4.69, 9.17) is 5.26 Å². The van der Waals surface area contributed by atoms with Crippen LogP contribution in [-0.2, 0) is 12.8 Å². The summed E-state index contributed by atoms with van der Waals surface area (Å²) < 4.78 is 0. The quantitative estimate of drug-likeness (QED) is 0.616. The number of aryl methyl sites for hydroxylation is 2. The Morgan fingerprint density at radius 3 is 2.76 bits per heavy atom. The third-order valence-electron chi connectivity index (χ3n) is 3.51.